The Balaban J connectivity index is 2.73. The van der Waals surface area contributed by atoms with Crippen molar-refractivity contribution in [2.24, 2.45) is 5.41 Å². The number of esters is 1. The van der Waals surface area contributed by atoms with Crippen molar-refractivity contribution in [3.8, 4) is 0 Å². The molecule has 4 heteroatoms. The standard InChI is InChI=1S/C11H20O3Si/c1-11(2,3)10(14-15(4)5)8-6-7-9(12)13-8/h6-8,10,15H,1-5H3. The Labute approximate surface area is 93.2 Å². The Kier molecular flexibility index (Phi) is 3.73. The average molecular weight is 228 g/mol. The van der Waals surface area contributed by atoms with Gasteiger partial charge in [0.25, 0.3) is 0 Å². The quantitative estimate of drug-likeness (QED) is 0.546. The van der Waals surface area contributed by atoms with Gasteiger partial charge in [-0.15, -0.1) is 0 Å². The number of hydrogen-bond acceptors (Lipinski definition) is 3. The topological polar surface area (TPSA) is 35.5 Å². The predicted octanol–water partition coefficient (Wildman–Crippen LogP) is 1.88. The number of carbonyl (C=O) groups is 1. The number of carbonyl (C=O) groups excluding carboxylic acids is 1. The zero-order chi connectivity index (χ0) is 11.6. The monoisotopic (exact) mass is 228 g/mol. The molecule has 86 valence electrons. The van der Waals surface area contributed by atoms with Crippen LogP contribution in [0.2, 0.25) is 13.1 Å². The van der Waals surface area contributed by atoms with Gasteiger partial charge >= 0.3 is 5.97 Å². The molecule has 0 saturated carbocycles. The molecule has 1 heterocycles. The molecule has 0 saturated heterocycles. The zero-order valence-corrected chi connectivity index (χ0v) is 11.3. The minimum atomic E-state index is -1.13. The minimum Gasteiger partial charge on any atom is -0.452 e. The first-order valence-corrected chi connectivity index (χ1v) is 8.13. The van der Waals surface area contributed by atoms with E-state index in [4.69, 9.17) is 9.16 Å². The Hall–Kier alpha value is -0.613. The second-order valence-electron chi connectivity index (χ2n) is 5.23. The van der Waals surface area contributed by atoms with Crippen LogP contribution in [-0.2, 0) is 14.0 Å². The minimum absolute atomic E-state index is 0.0170. The van der Waals surface area contributed by atoms with E-state index in [1.165, 1.54) is 6.08 Å². The summed E-state index contributed by atoms with van der Waals surface area (Å²) in [4.78, 5) is 11.0. The molecule has 0 aromatic rings. The van der Waals surface area contributed by atoms with Gasteiger partial charge in [-0.05, 0) is 24.6 Å². The highest BCUT2D eigenvalue weighted by molar-refractivity contribution is 6.48. The van der Waals surface area contributed by atoms with Crippen LogP contribution in [-0.4, -0.2) is 27.2 Å². The molecule has 0 spiro atoms. The summed E-state index contributed by atoms with van der Waals surface area (Å²) in [6.07, 6.45) is 3.03. The van der Waals surface area contributed by atoms with E-state index in [-0.39, 0.29) is 23.6 Å². The third-order valence-electron chi connectivity index (χ3n) is 2.24. The summed E-state index contributed by atoms with van der Waals surface area (Å²) in [7, 11) is -1.13. The molecule has 0 aromatic heterocycles. The van der Waals surface area contributed by atoms with Crippen LogP contribution in [0, 0.1) is 5.41 Å². The second kappa shape index (κ2) is 4.49. The van der Waals surface area contributed by atoms with Gasteiger partial charge in [0.05, 0.1) is 6.10 Å². The van der Waals surface area contributed by atoms with Gasteiger partial charge in [-0.2, -0.15) is 0 Å². The van der Waals surface area contributed by atoms with Crippen LogP contribution in [0.3, 0.4) is 0 Å². The summed E-state index contributed by atoms with van der Waals surface area (Å²) in [5.41, 5.74) is -0.0170. The molecule has 0 aromatic carbocycles. The molecule has 2 unspecified atom stereocenters. The third kappa shape index (κ3) is 3.46. The highest BCUT2D eigenvalue weighted by Gasteiger charge is 2.36. The molecule has 0 radical (unpaired) electrons. The van der Waals surface area contributed by atoms with Gasteiger partial charge in [-0.1, -0.05) is 20.8 Å². The maximum absolute atomic E-state index is 11.0. The normalized spacial score (nSPS) is 23.3. The molecule has 0 amide bonds. The maximum atomic E-state index is 11.0. The number of hydrogen-bond donors (Lipinski definition) is 0. The van der Waals surface area contributed by atoms with Crippen LogP contribution >= 0.6 is 0 Å². The summed E-state index contributed by atoms with van der Waals surface area (Å²) in [6, 6.07) is 0. The third-order valence-corrected chi connectivity index (χ3v) is 3.08. The van der Waals surface area contributed by atoms with Gasteiger partial charge < -0.3 is 9.16 Å². The average Bonchev–Trinajstić information content (AvgIpc) is 2.45. The van der Waals surface area contributed by atoms with Crippen molar-refractivity contribution >= 4 is 15.0 Å². The summed E-state index contributed by atoms with van der Waals surface area (Å²) >= 11 is 0. The van der Waals surface area contributed by atoms with Crippen molar-refractivity contribution < 1.29 is 14.0 Å². The summed E-state index contributed by atoms with van der Waals surface area (Å²) in [5, 5.41) is 0. The molecular formula is C11H20O3Si. The fourth-order valence-corrected chi connectivity index (χ4v) is 2.77. The molecule has 0 fully saturated rings. The number of cyclic esters (lactones) is 1. The van der Waals surface area contributed by atoms with Crippen LogP contribution in [0.15, 0.2) is 12.2 Å². The van der Waals surface area contributed by atoms with Gasteiger partial charge in [0, 0.05) is 6.08 Å². The van der Waals surface area contributed by atoms with Crippen LogP contribution < -0.4 is 0 Å². The van der Waals surface area contributed by atoms with Crippen molar-refractivity contribution in [1.29, 1.82) is 0 Å². The van der Waals surface area contributed by atoms with E-state index in [2.05, 4.69) is 33.9 Å². The summed E-state index contributed by atoms with van der Waals surface area (Å²) in [6.45, 7) is 10.6. The first-order valence-electron chi connectivity index (χ1n) is 5.35. The Bertz CT molecular complexity index is 265. The first-order chi connectivity index (χ1) is 6.80. The number of ether oxygens (including phenoxy) is 1. The van der Waals surface area contributed by atoms with E-state index in [9.17, 15) is 4.79 Å². The lowest BCUT2D eigenvalue weighted by Gasteiger charge is -2.35. The van der Waals surface area contributed by atoms with Crippen molar-refractivity contribution in [1.82, 2.24) is 0 Å². The highest BCUT2D eigenvalue weighted by Crippen LogP contribution is 2.29. The van der Waals surface area contributed by atoms with E-state index in [1.54, 1.807) is 6.08 Å². The van der Waals surface area contributed by atoms with E-state index < -0.39 is 9.04 Å². The first kappa shape index (κ1) is 12.5. The SMILES string of the molecule is C[SiH](C)OC(C1C=CC(=O)O1)C(C)(C)C. The molecule has 1 aliphatic rings. The molecule has 0 N–H and O–H groups in total. The highest BCUT2D eigenvalue weighted by atomic mass is 28.3. The van der Waals surface area contributed by atoms with Gasteiger partial charge in [0.1, 0.15) is 6.10 Å². The molecule has 0 bridgehead atoms. The van der Waals surface area contributed by atoms with Crippen LogP contribution in [0.1, 0.15) is 20.8 Å². The fraction of sp³-hybridized carbons (Fsp3) is 0.727. The van der Waals surface area contributed by atoms with E-state index in [0.717, 1.165) is 0 Å². The van der Waals surface area contributed by atoms with Crippen molar-refractivity contribution in [2.45, 2.75) is 46.1 Å². The molecule has 1 aliphatic heterocycles. The van der Waals surface area contributed by atoms with Crippen LogP contribution in [0.5, 0.6) is 0 Å². The largest absolute Gasteiger partial charge is 0.452 e. The lowest BCUT2D eigenvalue weighted by molar-refractivity contribution is -0.144. The predicted molar refractivity (Wildman–Crippen MR) is 62.2 cm³/mol. The van der Waals surface area contributed by atoms with Gasteiger partial charge in [-0.25, -0.2) is 4.79 Å². The molecule has 2 atom stereocenters. The lowest BCUT2D eigenvalue weighted by atomic mass is 9.86. The lowest BCUT2D eigenvalue weighted by Crippen LogP contribution is -2.42. The maximum Gasteiger partial charge on any atom is 0.331 e. The molecule has 0 aliphatic carbocycles. The van der Waals surface area contributed by atoms with Crippen molar-refractivity contribution in [3.05, 3.63) is 12.2 Å². The Morgan fingerprint density at radius 2 is 2.07 bits per heavy atom. The van der Waals surface area contributed by atoms with Crippen molar-refractivity contribution in [3.63, 3.8) is 0 Å². The zero-order valence-electron chi connectivity index (χ0n) is 10.1. The molecule has 3 nitrogen and oxygen atoms in total. The van der Waals surface area contributed by atoms with E-state index >= 15 is 0 Å². The molecular weight excluding hydrogens is 208 g/mol. The van der Waals surface area contributed by atoms with Crippen LogP contribution in [0.4, 0.5) is 0 Å². The fourth-order valence-electron chi connectivity index (χ4n) is 1.62. The van der Waals surface area contributed by atoms with E-state index in [1.807, 2.05) is 0 Å². The van der Waals surface area contributed by atoms with Crippen molar-refractivity contribution in [2.75, 3.05) is 0 Å². The Morgan fingerprint density at radius 3 is 2.40 bits per heavy atom. The molecule has 1 rings (SSSR count). The van der Waals surface area contributed by atoms with Gasteiger partial charge in [-0.3, -0.25) is 0 Å². The van der Waals surface area contributed by atoms with E-state index in [0.29, 0.717) is 0 Å². The van der Waals surface area contributed by atoms with Crippen LogP contribution in [0.25, 0.3) is 0 Å². The second-order valence-corrected chi connectivity index (χ2v) is 7.60. The smallest absolute Gasteiger partial charge is 0.331 e. The Morgan fingerprint density at radius 1 is 1.47 bits per heavy atom. The summed E-state index contributed by atoms with van der Waals surface area (Å²) < 4.78 is 11.2. The molecule has 15 heavy (non-hydrogen) atoms. The van der Waals surface area contributed by atoms with Gasteiger partial charge in [0.2, 0.25) is 0 Å². The van der Waals surface area contributed by atoms with Gasteiger partial charge in [0.15, 0.2) is 9.04 Å². The number of rotatable bonds is 3. The summed E-state index contributed by atoms with van der Waals surface area (Å²) in [5.74, 6) is -0.261.